The van der Waals surface area contributed by atoms with Crippen molar-refractivity contribution in [1.29, 1.82) is 0 Å². The summed E-state index contributed by atoms with van der Waals surface area (Å²) in [7, 11) is 0. The summed E-state index contributed by atoms with van der Waals surface area (Å²) in [5.41, 5.74) is -0.529. The quantitative estimate of drug-likeness (QED) is 0.744. The molecule has 0 aromatic heterocycles. The molecule has 0 aliphatic rings. The van der Waals surface area contributed by atoms with Gasteiger partial charge in [-0.1, -0.05) is 27.2 Å². The van der Waals surface area contributed by atoms with Crippen molar-refractivity contribution in [3.63, 3.8) is 0 Å². The molecule has 0 heterocycles. The van der Waals surface area contributed by atoms with Gasteiger partial charge in [-0.15, -0.1) is 0 Å². The van der Waals surface area contributed by atoms with Crippen LogP contribution in [-0.2, 0) is 14.3 Å². The molecule has 106 valence electrons. The third kappa shape index (κ3) is 7.30. The van der Waals surface area contributed by atoms with Crippen LogP contribution in [-0.4, -0.2) is 23.5 Å². The predicted molar refractivity (Wildman–Crippen MR) is 72.1 cm³/mol. The molecule has 0 fully saturated rings. The highest BCUT2D eigenvalue weighted by Crippen LogP contribution is 2.12. The van der Waals surface area contributed by atoms with E-state index in [1.807, 2.05) is 41.5 Å². The number of ether oxygens (including phenoxy) is 1. The molecule has 0 spiro atoms. The van der Waals surface area contributed by atoms with Crippen molar-refractivity contribution in [2.75, 3.05) is 0 Å². The largest absolute Gasteiger partial charge is 0.458 e. The van der Waals surface area contributed by atoms with E-state index in [-0.39, 0.29) is 17.8 Å². The molecule has 1 amide bonds. The molecule has 1 atom stereocenters. The minimum atomic E-state index is -0.561. The molecule has 0 aliphatic carbocycles. The molecule has 4 nitrogen and oxygen atoms in total. The monoisotopic (exact) mass is 257 g/mol. The zero-order valence-electron chi connectivity index (χ0n) is 12.5. The maximum Gasteiger partial charge on any atom is 0.329 e. The predicted octanol–water partition coefficient (Wildman–Crippen LogP) is 2.66. The van der Waals surface area contributed by atoms with Crippen LogP contribution in [0.4, 0.5) is 0 Å². The van der Waals surface area contributed by atoms with Gasteiger partial charge in [0.05, 0.1) is 0 Å². The summed E-state index contributed by atoms with van der Waals surface area (Å²) in [5.74, 6) is -0.422. The summed E-state index contributed by atoms with van der Waals surface area (Å²) in [4.78, 5) is 23.6. The smallest absolute Gasteiger partial charge is 0.329 e. The first-order chi connectivity index (χ1) is 8.17. The number of hydrogen-bond acceptors (Lipinski definition) is 3. The first-order valence-corrected chi connectivity index (χ1v) is 6.69. The highest BCUT2D eigenvalue weighted by Gasteiger charge is 2.28. The number of carbonyl (C=O) groups is 2. The molecule has 0 aromatic carbocycles. The molecule has 0 aliphatic heterocycles. The molecule has 0 bridgehead atoms. The van der Waals surface area contributed by atoms with Crippen LogP contribution in [0.5, 0.6) is 0 Å². The number of hydrogen-bond donors (Lipinski definition) is 1. The molecule has 0 rings (SSSR count). The normalized spacial score (nSPS) is 13.3. The third-order valence-corrected chi connectivity index (χ3v) is 2.40. The van der Waals surface area contributed by atoms with Crippen LogP contribution in [0, 0.1) is 5.92 Å². The van der Waals surface area contributed by atoms with Crippen LogP contribution in [0.15, 0.2) is 0 Å². The van der Waals surface area contributed by atoms with E-state index in [2.05, 4.69) is 5.32 Å². The van der Waals surface area contributed by atoms with E-state index in [9.17, 15) is 9.59 Å². The van der Waals surface area contributed by atoms with Gasteiger partial charge in [0, 0.05) is 6.42 Å². The highest BCUT2D eigenvalue weighted by atomic mass is 16.6. The number of carbonyl (C=O) groups excluding carboxylic acids is 2. The van der Waals surface area contributed by atoms with E-state index >= 15 is 0 Å². The molecule has 18 heavy (non-hydrogen) atoms. The Morgan fingerprint density at radius 3 is 2.17 bits per heavy atom. The minimum absolute atomic E-state index is 0.0189. The maximum absolute atomic E-state index is 12.0. The Morgan fingerprint density at radius 2 is 1.78 bits per heavy atom. The van der Waals surface area contributed by atoms with Crippen molar-refractivity contribution in [1.82, 2.24) is 5.32 Å². The molecule has 0 saturated heterocycles. The Bertz CT molecular complexity index is 279. The van der Waals surface area contributed by atoms with E-state index in [4.69, 9.17) is 4.74 Å². The lowest BCUT2D eigenvalue weighted by atomic mass is 10.0. The van der Waals surface area contributed by atoms with Crippen LogP contribution in [0.25, 0.3) is 0 Å². The summed E-state index contributed by atoms with van der Waals surface area (Å²) >= 11 is 0. The number of esters is 1. The summed E-state index contributed by atoms with van der Waals surface area (Å²) in [6.45, 7) is 11.3. The molecule has 0 saturated carbocycles. The van der Waals surface area contributed by atoms with Crippen molar-refractivity contribution in [2.24, 2.45) is 5.92 Å². The average Bonchev–Trinajstić information content (AvgIpc) is 2.19. The van der Waals surface area contributed by atoms with Crippen LogP contribution in [0.1, 0.15) is 60.8 Å². The topological polar surface area (TPSA) is 55.4 Å². The number of unbranched alkanes of at least 4 members (excludes halogenated alkanes) is 1. The molecule has 0 aromatic rings. The van der Waals surface area contributed by atoms with E-state index < -0.39 is 11.6 Å². The number of rotatable bonds is 6. The number of nitrogens with one attached hydrogen (secondary N) is 1. The van der Waals surface area contributed by atoms with Gasteiger partial charge in [0.2, 0.25) is 5.91 Å². The Balaban J connectivity index is 4.48. The molecular weight excluding hydrogens is 230 g/mol. The third-order valence-electron chi connectivity index (χ3n) is 2.40. The van der Waals surface area contributed by atoms with E-state index in [0.717, 1.165) is 12.8 Å². The zero-order valence-corrected chi connectivity index (χ0v) is 12.5. The molecule has 0 radical (unpaired) electrons. The van der Waals surface area contributed by atoms with Crippen molar-refractivity contribution in [3.05, 3.63) is 0 Å². The second kappa shape index (κ2) is 7.39. The van der Waals surface area contributed by atoms with E-state index in [1.54, 1.807) is 0 Å². The fraction of sp³-hybridized carbons (Fsp3) is 0.857. The van der Waals surface area contributed by atoms with Gasteiger partial charge >= 0.3 is 5.97 Å². The van der Waals surface area contributed by atoms with Gasteiger partial charge in [0.25, 0.3) is 0 Å². The van der Waals surface area contributed by atoms with Gasteiger partial charge < -0.3 is 10.1 Å². The fourth-order valence-corrected chi connectivity index (χ4v) is 1.45. The summed E-state index contributed by atoms with van der Waals surface area (Å²) in [6, 6.07) is -0.561. The Kier molecular flexibility index (Phi) is 6.96. The van der Waals surface area contributed by atoms with Gasteiger partial charge in [-0.2, -0.15) is 0 Å². The standard InChI is InChI=1S/C14H27NO3/c1-7-8-9-11(16)15-12(10(2)3)13(17)18-14(4,5)6/h10,12H,7-9H2,1-6H3,(H,15,16). The zero-order chi connectivity index (χ0) is 14.3. The van der Waals surface area contributed by atoms with Crippen LogP contribution in [0.3, 0.4) is 0 Å². The lowest BCUT2D eigenvalue weighted by Gasteiger charge is -2.26. The lowest BCUT2D eigenvalue weighted by molar-refractivity contribution is -0.160. The lowest BCUT2D eigenvalue weighted by Crippen LogP contribution is -2.47. The van der Waals surface area contributed by atoms with Crippen LogP contribution in [0.2, 0.25) is 0 Å². The summed E-state index contributed by atoms with van der Waals surface area (Å²) in [5, 5.41) is 2.76. The highest BCUT2D eigenvalue weighted by molar-refractivity contribution is 5.84. The van der Waals surface area contributed by atoms with Crippen LogP contribution < -0.4 is 5.32 Å². The Hall–Kier alpha value is -1.06. The molecule has 4 heteroatoms. The van der Waals surface area contributed by atoms with Gasteiger partial charge in [-0.05, 0) is 33.1 Å². The van der Waals surface area contributed by atoms with E-state index in [1.165, 1.54) is 0 Å². The average molecular weight is 257 g/mol. The summed E-state index contributed by atoms with van der Waals surface area (Å²) in [6.07, 6.45) is 2.26. The van der Waals surface area contributed by atoms with Gasteiger partial charge in [0.1, 0.15) is 11.6 Å². The Labute approximate surface area is 110 Å². The van der Waals surface area contributed by atoms with Crippen molar-refractivity contribution in [3.8, 4) is 0 Å². The minimum Gasteiger partial charge on any atom is -0.458 e. The summed E-state index contributed by atoms with van der Waals surface area (Å²) < 4.78 is 5.31. The van der Waals surface area contributed by atoms with Crippen LogP contribution >= 0.6 is 0 Å². The molecule has 1 N–H and O–H groups in total. The first kappa shape index (κ1) is 16.9. The van der Waals surface area contributed by atoms with Crippen molar-refractivity contribution >= 4 is 11.9 Å². The maximum atomic E-state index is 12.0. The second-order valence-electron chi connectivity index (χ2n) is 5.93. The molecule has 1 unspecified atom stereocenters. The van der Waals surface area contributed by atoms with Crippen molar-refractivity contribution < 1.29 is 14.3 Å². The van der Waals surface area contributed by atoms with Gasteiger partial charge in [-0.25, -0.2) is 4.79 Å². The van der Waals surface area contributed by atoms with Crippen molar-refractivity contribution in [2.45, 2.75) is 72.4 Å². The van der Waals surface area contributed by atoms with E-state index in [0.29, 0.717) is 6.42 Å². The van der Waals surface area contributed by atoms with Gasteiger partial charge in [0.15, 0.2) is 0 Å². The SMILES string of the molecule is CCCCC(=O)NC(C(=O)OC(C)(C)C)C(C)C. The van der Waals surface area contributed by atoms with Gasteiger partial charge in [-0.3, -0.25) is 4.79 Å². The fourth-order valence-electron chi connectivity index (χ4n) is 1.45. The second-order valence-corrected chi connectivity index (χ2v) is 5.93. The molecular formula is C14H27NO3. The first-order valence-electron chi connectivity index (χ1n) is 6.69. The Morgan fingerprint density at radius 1 is 1.22 bits per heavy atom. The number of amides is 1.